The van der Waals surface area contributed by atoms with Crippen LogP contribution in [0.3, 0.4) is 0 Å². The van der Waals surface area contributed by atoms with Gasteiger partial charge in [-0.05, 0) is 19.8 Å². The number of alkyl carbamates (subject to hydrolysis) is 1. The molecule has 1 atom stereocenters. The molecule has 0 aliphatic rings. The molecule has 0 bridgehead atoms. The maximum atomic E-state index is 11.7. The minimum absolute atomic E-state index is 0.287. The SMILES string of the molecule is CCCCOC(=O)C(CCC)NC(=O)OCC. The maximum absolute atomic E-state index is 11.7. The summed E-state index contributed by atoms with van der Waals surface area (Å²) in [4.78, 5) is 22.9. The molecule has 1 unspecified atom stereocenters. The summed E-state index contributed by atoms with van der Waals surface area (Å²) in [5.74, 6) is -0.381. The highest BCUT2D eigenvalue weighted by Crippen LogP contribution is 2.01. The molecule has 0 heterocycles. The van der Waals surface area contributed by atoms with Gasteiger partial charge in [-0.2, -0.15) is 0 Å². The molecule has 0 spiro atoms. The van der Waals surface area contributed by atoms with Crippen LogP contribution in [0.1, 0.15) is 46.5 Å². The molecule has 0 aromatic carbocycles. The Hall–Kier alpha value is -1.26. The third-order valence-electron chi connectivity index (χ3n) is 2.17. The van der Waals surface area contributed by atoms with Gasteiger partial charge in [-0.1, -0.05) is 26.7 Å². The van der Waals surface area contributed by atoms with Gasteiger partial charge in [-0.15, -0.1) is 0 Å². The molecular formula is C12H23NO4. The minimum atomic E-state index is -0.601. The zero-order valence-electron chi connectivity index (χ0n) is 11.0. The highest BCUT2D eigenvalue weighted by Gasteiger charge is 2.21. The van der Waals surface area contributed by atoms with Crippen molar-refractivity contribution in [3.05, 3.63) is 0 Å². The van der Waals surface area contributed by atoms with Crippen molar-refractivity contribution in [1.82, 2.24) is 5.32 Å². The van der Waals surface area contributed by atoms with Crippen molar-refractivity contribution in [2.75, 3.05) is 13.2 Å². The molecule has 5 heteroatoms. The lowest BCUT2D eigenvalue weighted by Gasteiger charge is -2.16. The van der Waals surface area contributed by atoms with Crippen LogP contribution < -0.4 is 5.32 Å². The molecule has 1 amide bonds. The summed E-state index contributed by atoms with van der Waals surface area (Å²) < 4.78 is 9.80. The molecule has 0 radical (unpaired) electrons. The van der Waals surface area contributed by atoms with E-state index < -0.39 is 12.1 Å². The molecule has 1 N–H and O–H groups in total. The zero-order chi connectivity index (χ0) is 13.1. The van der Waals surface area contributed by atoms with E-state index in [-0.39, 0.29) is 12.6 Å². The van der Waals surface area contributed by atoms with Crippen LogP contribution in [0.25, 0.3) is 0 Å². The van der Waals surface area contributed by atoms with E-state index in [1.807, 2.05) is 13.8 Å². The van der Waals surface area contributed by atoms with Crippen LogP contribution >= 0.6 is 0 Å². The first-order valence-electron chi connectivity index (χ1n) is 6.25. The second-order valence-corrected chi connectivity index (χ2v) is 3.73. The summed E-state index contributed by atoms with van der Waals surface area (Å²) >= 11 is 0. The Bertz CT molecular complexity index is 231. The molecule has 0 aromatic rings. The van der Waals surface area contributed by atoms with Crippen molar-refractivity contribution in [2.24, 2.45) is 0 Å². The lowest BCUT2D eigenvalue weighted by Crippen LogP contribution is -2.42. The van der Waals surface area contributed by atoms with Crippen LogP contribution in [-0.2, 0) is 14.3 Å². The van der Waals surface area contributed by atoms with Gasteiger partial charge in [0.15, 0.2) is 0 Å². The molecule has 0 aliphatic heterocycles. The number of hydrogen-bond donors (Lipinski definition) is 1. The summed E-state index contributed by atoms with van der Waals surface area (Å²) in [5.41, 5.74) is 0. The Morgan fingerprint density at radius 3 is 2.35 bits per heavy atom. The zero-order valence-corrected chi connectivity index (χ0v) is 11.0. The van der Waals surface area contributed by atoms with Gasteiger partial charge in [-0.25, -0.2) is 9.59 Å². The van der Waals surface area contributed by atoms with Crippen LogP contribution in [0.4, 0.5) is 4.79 Å². The smallest absolute Gasteiger partial charge is 0.407 e. The number of esters is 1. The Morgan fingerprint density at radius 2 is 1.82 bits per heavy atom. The summed E-state index contributed by atoms with van der Waals surface area (Å²) in [5, 5.41) is 2.51. The number of ether oxygens (including phenoxy) is 2. The molecular weight excluding hydrogens is 222 g/mol. The molecule has 0 saturated heterocycles. The van der Waals surface area contributed by atoms with Gasteiger partial charge >= 0.3 is 12.1 Å². The lowest BCUT2D eigenvalue weighted by atomic mass is 10.2. The third-order valence-corrected chi connectivity index (χ3v) is 2.17. The summed E-state index contributed by atoms with van der Waals surface area (Å²) in [6.45, 7) is 6.37. The first-order valence-corrected chi connectivity index (χ1v) is 6.25. The Morgan fingerprint density at radius 1 is 1.12 bits per heavy atom. The van der Waals surface area contributed by atoms with E-state index in [4.69, 9.17) is 9.47 Å². The van der Waals surface area contributed by atoms with Gasteiger partial charge in [-0.3, -0.25) is 0 Å². The van der Waals surface area contributed by atoms with E-state index >= 15 is 0 Å². The van der Waals surface area contributed by atoms with E-state index in [0.29, 0.717) is 13.0 Å². The van der Waals surface area contributed by atoms with Crippen LogP contribution in [0, 0.1) is 0 Å². The van der Waals surface area contributed by atoms with Gasteiger partial charge in [0.05, 0.1) is 13.2 Å². The van der Waals surface area contributed by atoms with Gasteiger partial charge in [0.1, 0.15) is 6.04 Å². The average molecular weight is 245 g/mol. The van der Waals surface area contributed by atoms with Crippen LogP contribution in [0.2, 0.25) is 0 Å². The average Bonchev–Trinajstić information content (AvgIpc) is 2.29. The van der Waals surface area contributed by atoms with E-state index in [1.165, 1.54) is 0 Å². The molecule has 0 saturated carbocycles. The predicted molar refractivity (Wildman–Crippen MR) is 64.7 cm³/mol. The van der Waals surface area contributed by atoms with Crippen molar-refractivity contribution in [2.45, 2.75) is 52.5 Å². The van der Waals surface area contributed by atoms with E-state index in [2.05, 4.69) is 5.32 Å². The summed E-state index contributed by atoms with van der Waals surface area (Å²) in [6.07, 6.45) is 2.59. The van der Waals surface area contributed by atoms with Crippen molar-refractivity contribution in [3.8, 4) is 0 Å². The lowest BCUT2D eigenvalue weighted by molar-refractivity contribution is -0.146. The largest absolute Gasteiger partial charge is 0.464 e. The molecule has 0 rings (SSSR count). The predicted octanol–water partition coefficient (Wildman–Crippen LogP) is 2.24. The third kappa shape index (κ3) is 7.60. The number of hydrogen-bond acceptors (Lipinski definition) is 4. The van der Waals surface area contributed by atoms with E-state index in [1.54, 1.807) is 6.92 Å². The first kappa shape index (κ1) is 15.7. The normalized spacial score (nSPS) is 11.7. The fourth-order valence-corrected chi connectivity index (χ4v) is 1.27. The molecule has 5 nitrogen and oxygen atoms in total. The van der Waals surface area contributed by atoms with E-state index in [9.17, 15) is 9.59 Å². The molecule has 0 aromatic heterocycles. The Labute approximate surface area is 103 Å². The van der Waals surface area contributed by atoms with Crippen molar-refractivity contribution < 1.29 is 19.1 Å². The van der Waals surface area contributed by atoms with Crippen LogP contribution in [-0.4, -0.2) is 31.3 Å². The summed E-state index contributed by atoms with van der Waals surface area (Å²) in [7, 11) is 0. The van der Waals surface area contributed by atoms with Crippen molar-refractivity contribution in [1.29, 1.82) is 0 Å². The second-order valence-electron chi connectivity index (χ2n) is 3.73. The standard InChI is InChI=1S/C12H23NO4/c1-4-7-9-17-11(14)10(8-5-2)13-12(15)16-6-3/h10H,4-9H2,1-3H3,(H,13,15). The number of nitrogens with one attached hydrogen (secondary N) is 1. The quantitative estimate of drug-likeness (QED) is 0.526. The monoisotopic (exact) mass is 245 g/mol. The topological polar surface area (TPSA) is 64.6 Å². The van der Waals surface area contributed by atoms with Crippen molar-refractivity contribution >= 4 is 12.1 Å². The van der Waals surface area contributed by atoms with Gasteiger partial charge < -0.3 is 14.8 Å². The summed E-state index contributed by atoms with van der Waals surface area (Å²) in [6, 6.07) is -0.601. The highest BCUT2D eigenvalue weighted by atomic mass is 16.6. The highest BCUT2D eigenvalue weighted by molar-refractivity contribution is 5.81. The van der Waals surface area contributed by atoms with Crippen LogP contribution in [0.5, 0.6) is 0 Å². The number of amides is 1. The fraction of sp³-hybridized carbons (Fsp3) is 0.833. The van der Waals surface area contributed by atoms with Crippen LogP contribution in [0.15, 0.2) is 0 Å². The fourth-order valence-electron chi connectivity index (χ4n) is 1.27. The maximum Gasteiger partial charge on any atom is 0.407 e. The second kappa shape index (κ2) is 9.93. The van der Waals surface area contributed by atoms with Gasteiger partial charge in [0.25, 0.3) is 0 Å². The van der Waals surface area contributed by atoms with Gasteiger partial charge in [0, 0.05) is 0 Å². The Kier molecular flexibility index (Phi) is 9.19. The molecule has 0 fully saturated rings. The number of carbonyl (C=O) groups is 2. The molecule has 17 heavy (non-hydrogen) atoms. The Balaban J connectivity index is 4.10. The molecule has 100 valence electrons. The number of unbranched alkanes of at least 4 members (excludes halogenated alkanes) is 1. The first-order chi connectivity index (χ1) is 8.15. The number of rotatable bonds is 8. The van der Waals surface area contributed by atoms with E-state index in [0.717, 1.165) is 19.3 Å². The molecule has 0 aliphatic carbocycles. The number of carbonyl (C=O) groups excluding carboxylic acids is 2. The van der Waals surface area contributed by atoms with Gasteiger partial charge in [0.2, 0.25) is 0 Å². The van der Waals surface area contributed by atoms with Crippen molar-refractivity contribution in [3.63, 3.8) is 0 Å². The minimum Gasteiger partial charge on any atom is -0.464 e.